The second-order valence-corrected chi connectivity index (χ2v) is 5.90. The Morgan fingerprint density at radius 2 is 1.56 bits per heavy atom. The molecule has 2 aliphatic carbocycles. The summed E-state index contributed by atoms with van der Waals surface area (Å²) in [6.07, 6.45) is 12.6. The molecular weight excluding hydrogens is 226 g/mol. The number of methoxy groups -OCH3 is 1. The molecule has 2 fully saturated rings. The lowest BCUT2D eigenvalue weighted by Crippen LogP contribution is -2.49. The molecule has 3 heteroatoms. The van der Waals surface area contributed by atoms with E-state index in [0.717, 1.165) is 0 Å². The van der Waals surface area contributed by atoms with Crippen molar-refractivity contribution < 1.29 is 9.53 Å². The van der Waals surface area contributed by atoms with E-state index in [0.29, 0.717) is 12.0 Å². The van der Waals surface area contributed by atoms with Crippen LogP contribution in [0.2, 0.25) is 0 Å². The molecule has 2 aliphatic rings. The fourth-order valence-corrected chi connectivity index (χ4v) is 3.51. The van der Waals surface area contributed by atoms with Gasteiger partial charge in [0.2, 0.25) is 0 Å². The van der Waals surface area contributed by atoms with Crippen LogP contribution in [0.5, 0.6) is 0 Å². The minimum Gasteiger partial charge on any atom is -0.468 e. The van der Waals surface area contributed by atoms with Gasteiger partial charge in [0.1, 0.15) is 6.04 Å². The van der Waals surface area contributed by atoms with E-state index in [-0.39, 0.29) is 12.0 Å². The van der Waals surface area contributed by atoms with Crippen LogP contribution in [-0.2, 0) is 9.53 Å². The first-order chi connectivity index (χ1) is 8.81. The molecule has 2 rings (SSSR count). The topological polar surface area (TPSA) is 38.3 Å². The van der Waals surface area contributed by atoms with E-state index in [1.165, 1.54) is 71.3 Å². The van der Waals surface area contributed by atoms with Crippen LogP contribution in [0.25, 0.3) is 0 Å². The summed E-state index contributed by atoms with van der Waals surface area (Å²) >= 11 is 0. The minimum absolute atomic E-state index is 0.0486. The number of hydrogen-bond donors (Lipinski definition) is 1. The first kappa shape index (κ1) is 13.9. The first-order valence-corrected chi connectivity index (χ1v) is 7.65. The van der Waals surface area contributed by atoms with E-state index < -0.39 is 0 Å². The average molecular weight is 253 g/mol. The molecule has 1 atom stereocenters. The Balaban J connectivity index is 1.92. The molecule has 0 saturated heterocycles. The zero-order valence-electron chi connectivity index (χ0n) is 11.6. The van der Waals surface area contributed by atoms with E-state index in [4.69, 9.17) is 4.74 Å². The van der Waals surface area contributed by atoms with Gasteiger partial charge in [-0.3, -0.25) is 4.79 Å². The Bertz CT molecular complexity index is 255. The average Bonchev–Trinajstić information content (AvgIpc) is 2.46. The Morgan fingerprint density at radius 1 is 1.00 bits per heavy atom. The van der Waals surface area contributed by atoms with Gasteiger partial charge in [0.15, 0.2) is 0 Å². The lowest BCUT2D eigenvalue weighted by Gasteiger charge is -2.33. The second kappa shape index (κ2) is 7.13. The van der Waals surface area contributed by atoms with Crippen LogP contribution < -0.4 is 5.32 Å². The van der Waals surface area contributed by atoms with Crippen LogP contribution in [0.3, 0.4) is 0 Å². The molecule has 0 aromatic heterocycles. The maximum absolute atomic E-state index is 12.0. The van der Waals surface area contributed by atoms with Crippen LogP contribution in [-0.4, -0.2) is 25.2 Å². The lowest BCUT2D eigenvalue weighted by atomic mass is 9.83. The van der Waals surface area contributed by atoms with Gasteiger partial charge >= 0.3 is 5.97 Å². The van der Waals surface area contributed by atoms with Crippen molar-refractivity contribution in [1.82, 2.24) is 5.32 Å². The Hall–Kier alpha value is -0.570. The van der Waals surface area contributed by atoms with Gasteiger partial charge in [0.05, 0.1) is 7.11 Å². The third-order valence-electron chi connectivity index (χ3n) is 4.60. The van der Waals surface area contributed by atoms with Crippen molar-refractivity contribution in [2.75, 3.05) is 7.11 Å². The van der Waals surface area contributed by atoms with Crippen molar-refractivity contribution in [2.45, 2.75) is 76.3 Å². The fourth-order valence-electron chi connectivity index (χ4n) is 3.51. The van der Waals surface area contributed by atoms with Gasteiger partial charge in [-0.25, -0.2) is 0 Å². The number of hydrogen-bond acceptors (Lipinski definition) is 3. The minimum atomic E-state index is -0.0570. The van der Waals surface area contributed by atoms with Gasteiger partial charge in [-0.1, -0.05) is 38.5 Å². The van der Waals surface area contributed by atoms with Crippen molar-refractivity contribution in [1.29, 1.82) is 0 Å². The third kappa shape index (κ3) is 3.71. The molecule has 3 nitrogen and oxygen atoms in total. The first-order valence-electron chi connectivity index (χ1n) is 7.65. The molecule has 18 heavy (non-hydrogen) atoms. The van der Waals surface area contributed by atoms with Crippen LogP contribution in [0.1, 0.15) is 64.2 Å². The van der Waals surface area contributed by atoms with E-state index in [1.807, 2.05) is 0 Å². The summed E-state index contributed by atoms with van der Waals surface area (Å²) in [5.41, 5.74) is 0. The molecule has 0 heterocycles. The molecule has 1 unspecified atom stereocenters. The number of esters is 1. The molecule has 0 bridgehead atoms. The number of carbonyl (C=O) groups excluding carboxylic acids is 1. The summed E-state index contributed by atoms with van der Waals surface area (Å²) in [5.74, 6) is 0.445. The smallest absolute Gasteiger partial charge is 0.323 e. The van der Waals surface area contributed by atoms with Crippen LogP contribution in [0.4, 0.5) is 0 Å². The number of rotatable bonds is 4. The molecule has 1 N–H and O–H groups in total. The Morgan fingerprint density at radius 3 is 2.11 bits per heavy atom. The summed E-state index contributed by atoms with van der Waals surface area (Å²) in [5, 5.41) is 3.60. The van der Waals surface area contributed by atoms with Crippen molar-refractivity contribution in [2.24, 2.45) is 5.92 Å². The highest BCUT2D eigenvalue weighted by molar-refractivity contribution is 5.76. The van der Waals surface area contributed by atoms with Crippen LogP contribution in [0.15, 0.2) is 0 Å². The second-order valence-electron chi connectivity index (χ2n) is 5.90. The van der Waals surface area contributed by atoms with E-state index in [2.05, 4.69) is 5.32 Å². The highest BCUT2D eigenvalue weighted by atomic mass is 16.5. The van der Waals surface area contributed by atoms with E-state index >= 15 is 0 Å². The predicted octanol–water partition coefficient (Wildman–Crippen LogP) is 3.03. The van der Waals surface area contributed by atoms with Gasteiger partial charge in [-0.05, 0) is 31.6 Å². The highest BCUT2D eigenvalue weighted by Gasteiger charge is 2.32. The molecule has 0 aliphatic heterocycles. The van der Waals surface area contributed by atoms with Gasteiger partial charge in [-0.15, -0.1) is 0 Å². The summed E-state index contributed by atoms with van der Waals surface area (Å²) in [6.45, 7) is 0. The number of carbonyl (C=O) groups is 1. The Labute approximate surface area is 111 Å². The standard InChI is InChI=1S/C15H27NO2/c1-18-15(17)14(12-8-4-2-5-9-12)16-13-10-6-3-7-11-13/h12-14,16H,2-11H2,1H3. The fraction of sp³-hybridized carbons (Fsp3) is 0.933. The molecule has 0 aromatic rings. The van der Waals surface area contributed by atoms with E-state index in [1.54, 1.807) is 0 Å². The van der Waals surface area contributed by atoms with Crippen molar-refractivity contribution in [3.8, 4) is 0 Å². The quantitative estimate of drug-likeness (QED) is 0.783. The molecule has 0 radical (unpaired) electrons. The molecule has 0 spiro atoms. The lowest BCUT2D eigenvalue weighted by molar-refractivity contribution is -0.145. The van der Waals surface area contributed by atoms with Gasteiger partial charge in [0, 0.05) is 6.04 Å². The third-order valence-corrected chi connectivity index (χ3v) is 4.60. The van der Waals surface area contributed by atoms with E-state index in [9.17, 15) is 4.79 Å². The van der Waals surface area contributed by atoms with Crippen molar-refractivity contribution in [3.05, 3.63) is 0 Å². The van der Waals surface area contributed by atoms with Crippen molar-refractivity contribution in [3.63, 3.8) is 0 Å². The predicted molar refractivity (Wildman–Crippen MR) is 72.4 cm³/mol. The SMILES string of the molecule is COC(=O)C(NC1CCCCC1)C1CCCCC1. The Kier molecular flexibility index (Phi) is 5.48. The summed E-state index contributed by atoms with van der Waals surface area (Å²) in [6, 6.07) is 0.475. The van der Waals surface area contributed by atoms with Crippen LogP contribution in [0, 0.1) is 5.92 Å². The molecular formula is C15H27NO2. The maximum Gasteiger partial charge on any atom is 0.323 e. The molecule has 2 saturated carbocycles. The summed E-state index contributed by atoms with van der Waals surface area (Å²) in [4.78, 5) is 12.0. The number of ether oxygens (including phenoxy) is 1. The van der Waals surface area contributed by atoms with Crippen LogP contribution >= 0.6 is 0 Å². The maximum atomic E-state index is 12.0. The largest absolute Gasteiger partial charge is 0.468 e. The summed E-state index contributed by atoms with van der Waals surface area (Å²) < 4.78 is 5.01. The molecule has 104 valence electrons. The zero-order valence-corrected chi connectivity index (χ0v) is 11.6. The van der Waals surface area contributed by atoms with Crippen molar-refractivity contribution >= 4 is 5.97 Å². The summed E-state index contributed by atoms with van der Waals surface area (Å²) in [7, 11) is 1.51. The van der Waals surface area contributed by atoms with Gasteiger partial charge in [0.25, 0.3) is 0 Å². The molecule has 0 amide bonds. The number of nitrogens with one attached hydrogen (secondary N) is 1. The zero-order chi connectivity index (χ0) is 12.8. The van der Waals surface area contributed by atoms with Gasteiger partial charge < -0.3 is 10.1 Å². The highest BCUT2D eigenvalue weighted by Crippen LogP contribution is 2.28. The van der Waals surface area contributed by atoms with Gasteiger partial charge in [-0.2, -0.15) is 0 Å². The monoisotopic (exact) mass is 253 g/mol. The normalized spacial score (nSPS) is 24.7. The molecule has 0 aromatic carbocycles.